The summed E-state index contributed by atoms with van der Waals surface area (Å²) in [6.07, 6.45) is 0. The molecule has 1 aromatic carbocycles. The predicted octanol–water partition coefficient (Wildman–Crippen LogP) is 1.74. The maximum Gasteiger partial charge on any atom is 0.272 e. The van der Waals surface area contributed by atoms with Gasteiger partial charge in [-0.2, -0.15) is 0 Å². The second-order valence-electron chi connectivity index (χ2n) is 3.93. The molecule has 0 saturated carbocycles. The summed E-state index contributed by atoms with van der Waals surface area (Å²) < 4.78 is 6.62. The Morgan fingerprint density at radius 2 is 2.00 bits per heavy atom. The lowest BCUT2D eigenvalue weighted by atomic mass is 10.3. The number of para-hydroxylation sites is 2. The number of nitrogens with one attached hydrogen (secondary N) is 1. The van der Waals surface area contributed by atoms with Gasteiger partial charge in [0.25, 0.3) is 5.56 Å². The highest BCUT2D eigenvalue weighted by Crippen LogP contribution is 2.22. The number of anilines is 1. The summed E-state index contributed by atoms with van der Waals surface area (Å²) in [5.41, 5.74) is 4.28. The van der Waals surface area contributed by atoms with Crippen LogP contribution in [0.3, 0.4) is 0 Å². The lowest BCUT2D eigenvalue weighted by Crippen LogP contribution is -2.29. The van der Waals surface area contributed by atoms with E-state index in [-0.39, 0.29) is 5.56 Å². The summed E-state index contributed by atoms with van der Waals surface area (Å²) in [4.78, 5) is 16.1. The number of hydrogen-bond acceptors (Lipinski definition) is 4. The molecule has 1 aromatic heterocycles. The average molecular weight is 245 g/mol. The number of aryl methyl sites for hydroxylation is 2. The number of hydrogen-bond donors (Lipinski definition) is 1. The first kappa shape index (κ1) is 12.2. The van der Waals surface area contributed by atoms with Gasteiger partial charge in [-0.15, -0.1) is 0 Å². The molecule has 0 aliphatic carbocycles. The van der Waals surface area contributed by atoms with Crippen LogP contribution in [0.15, 0.2) is 35.1 Å². The van der Waals surface area contributed by atoms with Crippen molar-refractivity contribution in [2.75, 3.05) is 12.5 Å². The fourth-order valence-corrected chi connectivity index (χ4v) is 1.73. The van der Waals surface area contributed by atoms with E-state index in [0.29, 0.717) is 17.3 Å². The van der Waals surface area contributed by atoms with Gasteiger partial charge in [-0.05, 0) is 26.0 Å². The summed E-state index contributed by atoms with van der Waals surface area (Å²) in [5.74, 6) is 1.27. The lowest BCUT2D eigenvalue weighted by Gasteiger charge is -2.14. The van der Waals surface area contributed by atoms with Gasteiger partial charge in [-0.25, -0.2) is 9.66 Å². The van der Waals surface area contributed by atoms with Gasteiger partial charge in [0.15, 0.2) is 0 Å². The van der Waals surface area contributed by atoms with Gasteiger partial charge in [0.05, 0.1) is 12.8 Å². The summed E-state index contributed by atoms with van der Waals surface area (Å²) in [6.45, 7) is 3.57. The molecule has 0 amide bonds. The minimum atomic E-state index is -0.147. The summed E-state index contributed by atoms with van der Waals surface area (Å²) in [7, 11) is 1.59. The van der Waals surface area contributed by atoms with E-state index < -0.39 is 0 Å². The monoisotopic (exact) mass is 245 g/mol. The Kier molecular flexibility index (Phi) is 3.32. The molecule has 0 radical (unpaired) electrons. The molecule has 5 heteroatoms. The molecule has 94 valence electrons. The number of aromatic nitrogens is 2. The quantitative estimate of drug-likeness (QED) is 0.895. The Morgan fingerprint density at radius 3 is 2.67 bits per heavy atom. The van der Waals surface area contributed by atoms with Crippen molar-refractivity contribution in [1.82, 2.24) is 9.66 Å². The summed E-state index contributed by atoms with van der Waals surface area (Å²) in [5, 5.41) is 0. The van der Waals surface area contributed by atoms with E-state index in [1.807, 2.05) is 24.3 Å². The molecule has 2 rings (SSSR count). The Balaban J connectivity index is 2.43. The zero-order valence-electron chi connectivity index (χ0n) is 10.6. The van der Waals surface area contributed by atoms with Gasteiger partial charge in [0.1, 0.15) is 11.6 Å². The van der Waals surface area contributed by atoms with Crippen molar-refractivity contribution >= 4 is 5.69 Å². The standard InChI is InChI=1S/C13H15N3O2/c1-9-8-13(17)16(10(2)14-9)15-11-6-4-5-7-12(11)18-3/h4-8,15H,1-3H3. The molecule has 0 aliphatic rings. The third-order valence-corrected chi connectivity index (χ3v) is 2.55. The van der Waals surface area contributed by atoms with Gasteiger partial charge in [-0.3, -0.25) is 10.2 Å². The molecule has 2 aromatic rings. The number of methoxy groups -OCH3 is 1. The van der Waals surface area contributed by atoms with Crippen molar-refractivity contribution in [3.8, 4) is 5.75 Å². The molecule has 1 N–H and O–H groups in total. The van der Waals surface area contributed by atoms with Crippen LogP contribution in [0, 0.1) is 13.8 Å². The number of rotatable bonds is 3. The van der Waals surface area contributed by atoms with Crippen LogP contribution in [0.25, 0.3) is 0 Å². The first-order chi connectivity index (χ1) is 8.61. The molecular formula is C13H15N3O2. The highest BCUT2D eigenvalue weighted by atomic mass is 16.5. The van der Waals surface area contributed by atoms with Crippen LogP contribution in [0.5, 0.6) is 5.75 Å². The summed E-state index contributed by atoms with van der Waals surface area (Å²) in [6, 6.07) is 8.88. The zero-order valence-corrected chi connectivity index (χ0v) is 10.6. The van der Waals surface area contributed by atoms with E-state index in [1.54, 1.807) is 21.0 Å². The van der Waals surface area contributed by atoms with Gasteiger partial charge in [0, 0.05) is 11.8 Å². The topological polar surface area (TPSA) is 56.1 Å². The van der Waals surface area contributed by atoms with Gasteiger partial charge >= 0.3 is 0 Å². The summed E-state index contributed by atoms with van der Waals surface area (Å²) >= 11 is 0. The fourth-order valence-electron chi connectivity index (χ4n) is 1.73. The lowest BCUT2D eigenvalue weighted by molar-refractivity contribution is 0.416. The van der Waals surface area contributed by atoms with Crippen LogP contribution in [0.4, 0.5) is 5.69 Å². The van der Waals surface area contributed by atoms with E-state index >= 15 is 0 Å². The predicted molar refractivity (Wildman–Crippen MR) is 70.0 cm³/mol. The minimum absolute atomic E-state index is 0.147. The first-order valence-corrected chi connectivity index (χ1v) is 5.59. The van der Waals surface area contributed by atoms with Gasteiger partial charge < -0.3 is 4.74 Å². The van der Waals surface area contributed by atoms with E-state index in [1.165, 1.54) is 10.7 Å². The molecule has 0 atom stereocenters. The third kappa shape index (κ3) is 2.34. The van der Waals surface area contributed by atoms with E-state index in [9.17, 15) is 4.79 Å². The average Bonchev–Trinajstić information content (AvgIpc) is 2.34. The van der Waals surface area contributed by atoms with Crippen LogP contribution < -0.4 is 15.7 Å². The Bertz CT molecular complexity index is 620. The van der Waals surface area contributed by atoms with Crippen molar-refractivity contribution < 1.29 is 4.74 Å². The number of benzene rings is 1. The van der Waals surface area contributed by atoms with Crippen LogP contribution in [0.2, 0.25) is 0 Å². The number of nitrogens with zero attached hydrogens (tertiary/aromatic N) is 2. The largest absolute Gasteiger partial charge is 0.495 e. The van der Waals surface area contributed by atoms with Crippen LogP contribution in [-0.4, -0.2) is 16.8 Å². The zero-order chi connectivity index (χ0) is 13.1. The molecule has 0 bridgehead atoms. The molecule has 5 nitrogen and oxygen atoms in total. The Morgan fingerprint density at radius 1 is 1.28 bits per heavy atom. The van der Waals surface area contributed by atoms with Crippen molar-refractivity contribution in [3.05, 3.63) is 52.2 Å². The Labute approximate surface area is 105 Å². The van der Waals surface area contributed by atoms with E-state index in [2.05, 4.69) is 10.4 Å². The highest BCUT2D eigenvalue weighted by molar-refractivity contribution is 5.55. The molecule has 1 heterocycles. The second-order valence-corrected chi connectivity index (χ2v) is 3.93. The first-order valence-electron chi connectivity index (χ1n) is 5.59. The minimum Gasteiger partial charge on any atom is -0.495 e. The molecule has 0 fully saturated rings. The molecule has 0 saturated heterocycles. The van der Waals surface area contributed by atoms with Crippen LogP contribution in [-0.2, 0) is 0 Å². The highest BCUT2D eigenvalue weighted by Gasteiger charge is 2.06. The van der Waals surface area contributed by atoms with E-state index in [4.69, 9.17) is 4.74 Å². The smallest absolute Gasteiger partial charge is 0.272 e. The fraction of sp³-hybridized carbons (Fsp3) is 0.231. The van der Waals surface area contributed by atoms with Gasteiger partial charge in [0.2, 0.25) is 0 Å². The van der Waals surface area contributed by atoms with Crippen molar-refractivity contribution in [3.63, 3.8) is 0 Å². The molecule has 0 aliphatic heterocycles. The van der Waals surface area contributed by atoms with Crippen LogP contribution >= 0.6 is 0 Å². The third-order valence-electron chi connectivity index (χ3n) is 2.55. The molecule has 0 spiro atoms. The Hall–Kier alpha value is -2.30. The normalized spacial score (nSPS) is 10.2. The maximum absolute atomic E-state index is 11.9. The second kappa shape index (κ2) is 4.91. The van der Waals surface area contributed by atoms with E-state index in [0.717, 1.165) is 5.69 Å². The van der Waals surface area contributed by atoms with Crippen molar-refractivity contribution in [2.45, 2.75) is 13.8 Å². The maximum atomic E-state index is 11.9. The van der Waals surface area contributed by atoms with Gasteiger partial charge in [-0.1, -0.05) is 12.1 Å². The van der Waals surface area contributed by atoms with Crippen molar-refractivity contribution in [1.29, 1.82) is 0 Å². The molecular weight excluding hydrogens is 230 g/mol. The van der Waals surface area contributed by atoms with Crippen LogP contribution in [0.1, 0.15) is 11.5 Å². The number of ether oxygens (including phenoxy) is 1. The SMILES string of the molecule is COc1ccccc1Nn1c(C)nc(C)cc1=O. The molecule has 18 heavy (non-hydrogen) atoms. The molecule has 0 unspecified atom stereocenters. The van der Waals surface area contributed by atoms with Crippen molar-refractivity contribution in [2.24, 2.45) is 0 Å².